The van der Waals surface area contributed by atoms with Gasteiger partial charge in [0, 0.05) is 22.6 Å². The van der Waals surface area contributed by atoms with E-state index < -0.39 is 0 Å². The third-order valence-electron chi connectivity index (χ3n) is 3.74. The number of nitrogens with zero attached hydrogens (tertiary/aromatic N) is 1. The average Bonchev–Trinajstić information content (AvgIpc) is 2.79. The SMILES string of the molecule is CCCCNCC(=O)c1cc(C)n(-c2ccccc2)c1C. The Labute approximate surface area is 127 Å². The van der Waals surface area contributed by atoms with Crippen LogP contribution in [0.15, 0.2) is 36.4 Å². The molecule has 1 aromatic heterocycles. The van der Waals surface area contributed by atoms with Gasteiger partial charge < -0.3 is 9.88 Å². The predicted molar refractivity (Wildman–Crippen MR) is 87.4 cm³/mol. The zero-order valence-corrected chi connectivity index (χ0v) is 13.1. The van der Waals surface area contributed by atoms with Crippen LogP contribution in [-0.2, 0) is 0 Å². The molecule has 0 saturated carbocycles. The van der Waals surface area contributed by atoms with Crippen molar-refractivity contribution in [2.24, 2.45) is 0 Å². The molecule has 0 aliphatic carbocycles. The summed E-state index contributed by atoms with van der Waals surface area (Å²) in [5.41, 5.74) is 4.03. The van der Waals surface area contributed by atoms with Crippen molar-refractivity contribution in [2.45, 2.75) is 33.6 Å². The van der Waals surface area contributed by atoms with Crippen LogP contribution in [0.4, 0.5) is 0 Å². The van der Waals surface area contributed by atoms with E-state index in [4.69, 9.17) is 0 Å². The van der Waals surface area contributed by atoms with Gasteiger partial charge in [0.25, 0.3) is 0 Å². The molecule has 2 rings (SSSR count). The third-order valence-corrected chi connectivity index (χ3v) is 3.74. The molecule has 2 aromatic rings. The molecular weight excluding hydrogens is 260 g/mol. The number of nitrogens with one attached hydrogen (secondary N) is 1. The number of aromatic nitrogens is 1. The van der Waals surface area contributed by atoms with E-state index in [9.17, 15) is 4.79 Å². The fourth-order valence-corrected chi connectivity index (χ4v) is 2.62. The van der Waals surface area contributed by atoms with E-state index in [1.54, 1.807) is 0 Å². The highest BCUT2D eigenvalue weighted by Gasteiger charge is 2.15. The Morgan fingerprint density at radius 2 is 1.90 bits per heavy atom. The number of hydrogen-bond acceptors (Lipinski definition) is 2. The molecule has 0 aliphatic heterocycles. The predicted octanol–water partition coefficient (Wildman–Crippen LogP) is 3.67. The van der Waals surface area contributed by atoms with Crippen molar-refractivity contribution < 1.29 is 4.79 Å². The first-order chi connectivity index (χ1) is 10.1. The second-order valence-corrected chi connectivity index (χ2v) is 5.41. The van der Waals surface area contributed by atoms with Crippen LogP contribution in [0.3, 0.4) is 0 Å². The summed E-state index contributed by atoms with van der Waals surface area (Å²) in [7, 11) is 0. The smallest absolute Gasteiger partial charge is 0.178 e. The van der Waals surface area contributed by atoms with E-state index in [-0.39, 0.29) is 5.78 Å². The quantitative estimate of drug-likeness (QED) is 0.622. The first kappa shape index (κ1) is 15.5. The molecule has 0 unspecified atom stereocenters. The van der Waals surface area contributed by atoms with E-state index in [0.29, 0.717) is 6.54 Å². The molecule has 1 aromatic carbocycles. The van der Waals surface area contributed by atoms with E-state index in [2.05, 4.69) is 28.9 Å². The molecule has 21 heavy (non-hydrogen) atoms. The highest BCUT2D eigenvalue weighted by Crippen LogP contribution is 2.20. The first-order valence-corrected chi connectivity index (χ1v) is 7.63. The second-order valence-electron chi connectivity index (χ2n) is 5.41. The van der Waals surface area contributed by atoms with Gasteiger partial charge in [-0.2, -0.15) is 0 Å². The van der Waals surface area contributed by atoms with Gasteiger partial charge in [-0.1, -0.05) is 31.5 Å². The lowest BCUT2D eigenvalue weighted by atomic mass is 10.1. The molecule has 3 heteroatoms. The summed E-state index contributed by atoms with van der Waals surface area (Å²) < 4.78 is 2.14. The maximum atomic E-state index is 12.3. The van der Waals surface area contributed by atoms with Crippen LogP contribution in [-0.4, -0.2) is 23.4 Å². The Morgan fingerprint density at radius 3 is 2.57 bits per heavy atom. The molecule has 0 radical (unpaired) electrons. The van der Waals surface area contributed by atoms with Crippen LogP contribution in [0.2, 0.25) is 0 Å². The minimum atomic E-state index is 0.168. The van der Waals surface area contributed by atoms with Crippen molar-refractivity contribution in [1.29, 1.82) is 0 Å². The number of Topliss-reactive ketones (excluding diaryl/α,β-unsaturated/α-hetero) is 1. The molecule has 1 heterocycles. The van der Waals surface area contributed by atoms with E-state index in [0.717, 1.165) is 42.0 Å². The Morgan fingerprint density at radius 1 is 1.19 bits per heavy atom. The number of ketones is 1. The molecule has 0 aliphatic rings. The summed E-state index contributed by atoms with van der Waals surface area (Å²) in [6.07, 6.45) is 2.25. The van der Waals surface area contributed by atoms with Crippen molar-refractivity contribution in [1.82, 2.24) is 9.88 Å². The molecule has 3 nitrogen and oxygen atoms in total. The Kier molecular flexibility index (Phi) is 5.34. The summed E-state index contributed by atoms with van der Waals surface area (Å²) in [6.45, 7) is 7.52. The van der Waals surface area contributed by atoms with Gasteiger partial charge in [0.05, 0.1) is 6.54 Å². The topological polar surface area (TPSA) is 34.0 Å². The number of benzene rings is 1. The lowest BCUT2D eigenvalue weighted by Crippen LogP contribution is -2.24. The molecule has 0 fully saturated rings. The largest absolute Gasteiger partial charge is 0.318 e. The van der Waals surface area contributed by atoms with E-state index in [1.807, 2.05) is 38.1 Å². The molecule has 0 saturated heterocycles. The summed E-state index contributed by atoms with van der Waals surface area (Å²) in [6, 6.07) is 12.2. The Balaban J connectivity index is 2.17. The molecule has 1 N–H and O–H groups in total. The minimum Gasteiger partial charge on any atom is -0.318 e. The van der Waals surface area contributed by atoms with Gasteiger partial charge in [0.2, 0.25) is 0 Å². The molecule has 0 atom stereocenters. The van der Waals surface area contributed by atoms with Crippen molar-refractivity contribution in [3.05, 3.63) is 53.3 Å². The first-order valence-electron chi connectivity index (χ1n) is 7.63. The third kappa shape index (κ3) is 3.61. The summed E-state index contributed by atoms with van der Waals surface area (Å²) in [5.74, 6) is 0.168. The highest BCUT2D eigenvalue weighted by molar-refractivity contribution is 5.99. The van der Waals surface area contributed by atoms with Crippen LogP contribution in [0.25, 0.3) is 5.69 Å². The standard InChI is InChI=1S/C18H24N2O/c1-4-5-11-19-13-18(21)17-12-14(2)20(15(17)3)16-9-7-6-8-10-16/h6-10,12,19H,4-5,11,13H2,1-3H3. The lowest BCUT2D eigenvalue weighted by Gasteiger charge is -2.09. The van der Waals surface area contributed by atoms with Crippen molar-refractivity contribution in [2.75, 3.05) is 13.1 Å². The van der Waals surface area contributed by atoms with Crippen LogP contribution in [0.5, 0.6) is 0 Å². The molecule has 0 amide bonds. The zero-order valence-electron chi connectivity index (χ0n) is 13.1. The van der Waals surface area contributed by atoms with Crippen LogP contribution in [0, 0.1) is 13.8 Å². The maximum absolute atomic E-state index is 12.3. The molecule has 0 bridgehead atoms. The number of para-hydroxylation sites is 1. The fraction of sp³-hybridized carbons (Fsp3) is 0.389. The fourth-order valence-electron chi connectivity index (χ4n) is 2.62. The number of carbonyl (C=O) groups is 1. The maximum Gasteiger partial charge on any atom is 0.178 e. The number of aryl methyl sites for hydroxylation is 1. The number of rotatable bonds is 7. The summed E-state index contributed by atoms with van der Waals surface area (Å²) >= 11 is 0. The summed E-state index contributed by atoms with van der Waals surface area (Å²) in [5, 5.41) is 3.22. The lowest BCUT2D eigenvalue weighted by molar-refractivity contribution is 0.0990. The number of unbranched alkanes of at least 4 members (excludes halogenated alkanes) is 1. The molecule has 0 spiro atoms. The van der Waals surface area contributed by atoms with Gasteiger partial charge in [-0.3, -0.25) is 4.79 Å². The molecular formula is C18H24N2O. The van der Waals surface area contributed by atoms with Crippen LogP contribution < -0.4 is 5.32 Å². The Bertz CT molecular complexity index is 599. The van der Waals surface area contributed by atoms with E-state index in [1.165, 1.54) is 0 Å². The van der Waals surface area contributed by atoms with Gasteiger partial charge in [-0.25, -0.2) is 0 Å². The van der Waals surface area contributed by atoms with Gasteiger partial charge in [-0.15, -0.1) is 0 Å². The number of hydrogen-bond donors (Lipinski definition) is 1. The summed E-state index contributed by atoms with van der Waals surface area (Å²) in [4.78, 5) is 12.3. The zero-order chi connectivity index (χ0) is 15.2. The monoisotopic (exact) mass is 284 g/mol. The second kappa shape index (κ2) is 7.23. The average molecular weight is 284 g/mol. The van der Waals surface area contributed by atoms with Crippen molar-refractivity contribution in [3.63, 3.8) is 0 Å². The van der Waals surface area contributed by atoms with Gasteiger partial charge in [0.1, 0.15) is 0 Å². The van der Waals surface area contributed by atoms with Crippen LogP contribution in [0.1, 0.15) is 41.5 Å². The van der Waals surface area contributed by atoms with Gasteiger partial charge in [-0.05, 0) is 45.0 Å². The van der Waals surface area contributed by atoms with Crippen molar-refractivity contribution in [3.8, 4) is 5.69 Å². The minimum absolute atomic E-state index is 0.168. The van der Waals surface area contributed by atoms with Gasteiger partial charge >= 0.3 is 0 Å². The number of carbonyl (C=O) groups excluding carboxylic acids is 1. The molecule has 112 valence electrons. The normalized spacial score (nSPS) is 10.8. The van der Waals surface area contributed by atoms with E-state index >= 15 is 0 Å². The van der Waals surface area contributed by atoms with Crippen LogP contribution >= 0.6 is 0 Å². The highest BCUT2D eigenvalue weighted by atomic mass is 16.1. The Hall–Kier alpha value is -1.87. The van der Waals surface area contributed by atoms with Gasteiger partial charge in [0.15, 0.2) is 5.78 Å². The van der Waals surface area contributed by atoms with Crippen molar-refractivity contribution >= 4 is 5.78 Å².